The Morgan fingerprint density at radius 3 is 2.43 bits per heavy atom. The van der Waals surface area contributed by atoms with Crippen LogP contribution in [0, 0.1) is 6.92 Å². The van der Waals surface area contributed by atoms with E-state index in [2.05, 4.69) is 0 Å². The topological polar surface area (TPSA) is 121 Å². The molecule has 8 heteroatoms. The number of aromatic carboxylic acids is 1. The van der Waals surface area contributed by atoms with Crippen molar-refractivity contribution in [3.63, 3.8) is 0 Å². The van der Waals surface area contributed by atoms with Crippen molar-refractivity contribution in [1.29, 1.82) is 0 Å². The van der Waals surface area contributed by atoms with E-state index in [-0.39, 0.29) is 10.9 Å². The van der Waals surface area contributed by atoms with Crippen LogP contribution in [0.2, 0.25) is 0 Å². The number of aryl methyl sites for hydroxylation is 1. The first-order valence-electron chi connectivity index (χ1n) is 6.56. The number of phenols is 1. The molecule has 4 N–H and O–H groups in total. The van der Waals surface area contributed by atoms with Gasteiger partial charge in [0.2, 0.25) is 10.0 Å². The Bertz CT molecular complexity index is 663. The molecule has 1 aromatic carbocycles. The molecule has 21 heavy (non-hydrogen) atoms. The standard InChI is InChI=1S/C13H18N2O5S/c1-8-6-11(16)10(13(17)18)7-12(8)21(19,20)15-4-2-9(14)3-5-15/h6-7,9,16H,2-5,14H2,1H3,(H,17,18). The molecule has 7 nitrogen and oxygen atoms in total. The van der Waals surface area contributed by atoms with Gasteiger partial charge in [-0.3, -0.25) is 0 Å². The number of carboxylic acid groups (broad SMARTS) is 1. The second-order valence-electron chi connectivity index (χ2n) is 5.18. The lowest BCUT2D eigenvalue weighted by atomic mass is 10.1. The number of carboxylic acids is 1. The lowest BCUT2D eigenvalue weighted by molar-refractivity contribution is 0.0693. The number of aromatic hydroxyl groups is 1. The number of benzene rings is 1. The number of sulfonamides is 1. The van der Waals surface area contributed by atoms with Crippen molar-refractivity contribution in [3.05, 3.63) is 23.3 Å². The van der Waals surface area contributed by atoms with Gasteiger partial charge >= 0.3 is 5.97 Å². The number of nitrogens with zero attached hydrogens (tertiary/aromatic N) is 1. The maximum atomic E-state index is 12.6. The van der Waals surface area contributed by atoms with Crippen molar-refractivity contribution < 1.29 is 23.4 Å². The molecule has 1 heterocycles. The molecule has 0 radical (unpaired) electrons. The quantitative estimate of drug-likeness (QED) is 0.747. The highest BCUT2D eigenvalue weighted by molar-refractivity contribution is 7.89. The Morgan fingerprint density at radius 1 is 1.33 bits per heavy atom. The summed E-state index contributed by atoms with van der Waals surface area (Å²) < 4.78 is 26.5. The molecule has 116 valence electrons. The summed E-state index contributed by atoms with van der Waals surface area (Å²) in [5.74, 6) is -1.82. The Hall–Kier alpha value is -1.64. The Labute approximate surface area is 123 Å². The lowest BCUT2D eigenvalue weighted by Gasteiger charge is -2.29. The molecule has 1 aliphatic rings. The van der Waals surface area contributed by atoms with Crippen LogP contribution in [0.3, 0.4) is 0 Å². The second kappa shape index (κ2) is 5.63. The summed E-state index contributed by atoms with van der Waals surface area (Å²) >= 11 is 0. The highest BCUT2D eigenvalue weighted by atomic mass is 32.2. The van der Waals surface area contributed by atoms with Crippen molar-refractivity contribution in [2.45, 2.75) is 30.7 Å². The maximum Gasteiger partial charge on any atom is 0.339 e. The second-order valence-corrected chi connectivity index (χ2v) is 7.09. The smallest absolute Gasteiger partial charge is 0.339 e. The van der Waals surface area contributed by atoms with Gasteiger partial charge in [0, 0.05) is 19.1 Å². The molecular weight excluding hydrogens is 296 g/mol. The summed E-state index contributed by atoms with van der Waals surface area (Å²) in [6.07, 6.45) is 1.14. The summed E-state index contributed by atoms with van der Waals surface area (Å²) in [7, 11) is -3.79. The molecule has 2 rings (SSSR count). The molecule has 0 aromatic heterocycles. The zero-order valence-electron chi connectivity index (χ0n) is 11.6. The van der Waals surface area contributed by atoms with Crippen LogP contribution in [0.15, 0.2) is 17.0 Å². The monoisotopic (exact) mass is 314 g/mol. The van der Waals surface area contributed by atoms with Gasteiger partial charge in [-0.2, -0.15) is 4.31 Å². The van der Waals surface area contributed by atoms with Crippen LogP contribution in [-0.2, 0) is 10.0 Å². The fourth-order valence-electron chi connectivity index (χ4n) is 2.38. The van der Waals surface area contributed by atoms with Crippen LogP contribution in [0.5, 0.6) is 5.75 Å². The molecule has 1 aromatic rings. The third kappa shape index (κ3) is 3.02. The molecule has 0 saturated carbocycles. The van der Waals surface area contributed by atoms with Crippen LogP contribution in [0.25, 0.3) is 0 Å². The summed E-state index contributed by atoms with van der Waals surface area (Å²) in [5, 5.41) is 18.6. The van der Waals surface area contributed by atoms with Crippen molar-refractivity contribution in [3.8, 4) is 5.75 Å². The van der Waals surface area contributed by atoms with E-state index < -0.39 is 27.3 Å². The third-order valence-corrected chi connectivity index (χ3v) is 5.68. The van der Waals surface area contributed by atoms with Crippen molar-refractivity contribution in [2.75, 3.05) is 13.1 Å². The third-order valence-electron chi connectivity index (χ3n) is 3.64. The van der Waals surface area contributed by atoms with E-state index in [9.17, 15) is 18.3 Å². The van der Waals surface area contributed by atoms with Gasteiger partial charge in [-0.05, 0) is 37.5 Å². The molecule has 1 saturated heterocycles. The zero-order chi connectivity index (χ0) is 15.8. The zero-order valence-corrected chi connectivity index (χ0v) is 12.4. The number of carbonyl (C=O) groups is 1. The molecule has 0 aliphatic carbocycles. The van der Waals surface area contributed by atoms with Gasteiger partial charge in [0.05, 0.1) is 4.90 Å². The van der Waals surface area contributed by atoms with E-state index >= 15 is 0 Å². The summed E-state index contributed by atoms with van der Waals surface area (Å²) in [6, 6.07) is 2.16. The van der Waals surface area contributed by atoms with E-state index in [1.807, 2.05) is 0 Å². The van der Waals surface area contributed by atoms with Crippen LogP contribution >= 0.6 is 0 Å². The van der Waals surface area contributed by atoms with E-state index in [4.69, 9.17) is 10.8 Å². The van der Waals surface area contributed by atoms with Gasteiger partial charge in [0.1, 0.15) is 11.3 Å². The van der Waals surface area contributed by atoms with E-state index in [0.717, 1.165) is 12.1 Å². The van der Waals surface area contributed by atoms with Crippen molar-refractivity contribution >= 4 is 16.0 Å². The average molecular weight is 314 g/mol. The molecule has 0 unspecified atom stereocenters. The van der Waals surface area contributed by atoms with Crippen molar-refractivity contribution in [2.24, 2.45) is 5.73 Å². The Morgan fingerprint density at radius 2 is 1.90 bits per heavy atom. The molecule has 1 fully saturated rings. The molecule has 0 bridgehead atoms. The highest BCUT2D eigenvalue weighted by Crippen LogP contribution is 2.28. The minimum absolute atomic E-state index is 0.00746. The Balaban J connectivity index is 2.45. The molecule has 0 atom stereocenters. The van der Waals surface area contributed by atoms with Crippen LogP contribution in [0.4, 0.5) is 0 Å². The first-order chi connectivity index (χ1) is 9.73. The fourth-order valence-corrected chi connectivity index (χ4v) is 4.08. The normalized spacial score (nSPS) is 17.8. The number of hydrogen-bond donors (Lipinski definition) is 3. The van der Waals surface area contributed by atoms with Gasteiger partial charge in [0.15, 0.2) is 0 Å². The Kier molecular flexibility index (Phi) is 4.22. The minimum atomic E-state index is -3.79. The average Bonchev–Trinajstić information content (AvgIpc) is 2.38. The first-order valence-corrected chi connectivity index (χ1v) is 8.00. The van der Waals surface area contributed by atoms with E-state index in [0.29, 0.717) is 31.5 Å². The van der Waals surface area contributed by atoms with Gasteiger partial charge in [0.25, 0.3) is 0 Å². The van der Waals surface area contributed by atoms with Crippen LogP contribution in [-0.4, -0.2) is 48.0 Å². The minimum Gasteiger partial charge on any atom is -0.507 e. The largest absolute Gasteiger partial charge is 0.507 e. The lowest BCUT2D eigenvalue weighted by Crippen LogP contribution is -2.42. The maximum absolute atomic E-state index is 12.6. The number of piperidine rings is 1. The van der Waals surface area contributed by atoms with Crippen molar-refractivity contribution in [1.82, 2.24) is 4.31 Å². The van der Waals surface area contributed by atoms with Gasteiger partial charge < -0.3 is 15.9 Å². The van der Waals surface area contributed by atoms with Gasteiger partial charge in [-0.1, -0.05) is 0 Å². The van der Waals surface area contributed by atoms with Gasteiger partial charge in [-0.25, -0.2) is 13.2 Å². The fraction of sp³-hybridized carbons (Fsp3) is 0.462. The summed E-state index contributed by atoms with van der Waals surface area (Å²) in [4.78, 5) is 11.0. The number of rotatable bonds is 3. The molecular formula is C13H18N2O5S. The van der Waals surface area contributed by atoms with Crippen LogP contribution in [0.1, 0.15) is 28.8 Å². The SMILES string of the molecule is Cc1cc(O)c(C(=O)O)cc1S(=O)(=O)N1CCC(N)CC1. The predicted octanol–water partition coefficient (Wildman–Crippen LogP) is 0.511. The molecule has 1 aliphatic heterocycles. The molecule has 0 amide bonds. The number of hydrogen-bond acceptors (Lipinski definition) is 5. The number of nitrogens with two attached hydrogens (primary N) is 1. The first kappa shape index (κ1) is 15.7. The predicted molar refractivity (Wildman–Crippen MR) is 75.8 cm³/mol. The van der Waals surface area contributed by atoms with Gasteiger partial charge in [-0.15, -0.1) is 0 Å². The molecule has 0 spiro atoms. The van der Waals surface area contributed by atoms with E-state index in [1.54, 1.807) is 0 Å². The highest BCUT2D eigenvalue weighted by Gasteiger charge is 2.30. The van der Waals surface area contributed by atoms with Crippen LogP contribution < -0.4 is 5.73 Å². The summed E-state index contributed by atoms with van der Waals surface area (Å²) in [5.41, 5.74) is 5.65. The van der Waals surface area contributed by atoms with E-state index in [1.165, 1.54) is 11.2 Å². The summed E-state index contributed by atoms with van der Waals surface area (Å²) in [6.45, 7) is 2.15.